The summed E-state index contributed by atoms with van der Waals surface area (Å²) in [6, 6.07) is 44.3. The second-order valence-electron chi connectivity index (χ2n) is 13.1. The maximum absolute atomic E-state index is 2.69. The van der Waals surface area contributed by atoms with E-state index < -0.39 is 0 Å². The average molecular weight is 520 g/mol. The van der Waals surface area contributed by atoms with Crippen molar-refractivity contribution in [2.75, 3.05) is 0 Å². The van der Waals surface area contributed by atoms with Crippen molar-refractivity contribution in [1.82, 2.24) is 9.84 Å². The Morgan fingerprint density at radius 2 is 0.725 bits per heavy atom. The van der Waals surface area contributed by atoms with E-state index in [4.69, 9.17) is 0 Å². The fraction of sp³-hybridized carbons (Fsp3) is 0.222. The Morgan fingerprint density at radius 3 is 1.02 bits per heavy atom. The minimum absolute atomic E-state index is 0.0570. The lowest BCUT2D eigenvalue weighted by molar-refractivity contribution is 0.178. The van der Waals surface area contributed by atoms with Crippen molar-refractivity contribution >= 4 is 35.6 Å². The summed E-state index contributed by atoms with van der Waals surface area (Å²) in [5, 5.41) is 2.64. The molecule has 0 bridgehead atoms. The zero-order chi connectivity index (χ0) is 28.1. The number of hydrogen-bond donors (Lipinski definition) is 0. The van der Waals surface area contributed by atoms with Gasteiger partial charge >= 0.3 is 13.7 Å². The molecule has 40 heavy (non-hydrogen) atoms. The first-order valence-corrected chi connectivity index (χ1v) is 14.5. The number of nitrogens with zero attached hydrogens (tertiary/aromatic N) is 2. The van der Waals surface area contributed by atoms with Crippen LogP contribution in [0.1, 0.15) is 52.7 Å². The van der Waals surface area contributed by atoms with Gasteiger partial charge in [0, 0.05) is 22.2 Å². The first-order chi connectivity index (χ1) is 19.2. The molecule has 0 saturated heterocycles. The molecule has 0 N–H and O–H groups in total. The number of hydrazine groups is 1. The van der Waals surface area contributed by atoms with Crippen molar-refractivity contribution in [3.63, 3.8) is 0 Å². The van der Waals surface area contributed by atoms with Gasteiger partial charge in [-0.25, -0.2) is 0 Å². The number of allylic oxidation sites excluding steroid dienone is 2. The summed E-state index contributed by atoms with van der Waals surface area (Å²) >= 11 is 0. The number of hydrogen-bond acceptors (Lipinski definition) is 2. The third kappa shape index (κ3) is 4.45. The molecule has 0 atom stereocenters. The third-order valence-corrected chi connectivity index (χ3v) is 8.06. The van der Waals surface area contributed by atoms with Gasteiger partial charge in [-0.15, -0.1) is 0 Å². The van der Waals surface area contributed by atoms with Crippen LogP contribution in [0.3, 0.4) is 0 Å². The highest BCUT2D eigenvalue weighted by Crippen LogP contribution is 2.54. The Hall–Kier alpha value is -3.75. The van der Waals surface area contributed by atoms with Gasteiger partial charge in [0.2, 0.25) is 0 Å². The lowest BCUT2D eigenvalue weighted by atomic mass is 9.37. The number of fused-ring (bicyclic) bond motifs is 1. The maximum Gasteiger partial charge on any atom is 0.302 e. The molecule has 0 radical (unpaired) electrons. The van der Waals surface area contributed by atoms with Gasteiger partial charge in [-0.2, -0.15) is 0 Å². The Balaban J connectivity index is 1.76. The van der Waals surface area contributed by atoms with Crippen LogP contribution in [0.4, 0.5) is 0 Å². The summed E-state index contributed by atoms with van der Waals surface area (Å²) in [4.78, 5) is 2.69. The van der Waals surface area contributed by atoms with Crippen molar-refractivity contribution in [3.8, 4) is 0 Å². The van der Waals surface area contributed by atoms with Crippen LogP contribution >= 0.6 is 0 Å². The third-order valence-electron chi connectivity index (χ3n) is 8.06. The van der Waals surface area contributed by atoms with Crippen LogP contribution in [-0.2, 0) is 0 Å². The topological polar surface area (TPSA) is 6.48 Å². The molecule has 4 heteroatoms. The van der Waals surface area contributed by atoms with Crippen LogP contribution in [0.2, 0.25) is 0 Å². The maximum atomic E-state index is 2.69. The van der Waals surface area contributed by atoms with Crippen LogP contribution in [0.15, 0.2) is 133 Å². The van der Waals surface area contributed by atoms with E-state index in [1.165, 1.54) is 44.4 Å². The minimum Gasteiger partial charge on any atom is -0.302 e. The molecule has 6 rings (SSSR count). The first-order valence-electron chi connectivity index (χ1n) is 14.5. The Morgan fingerprint density at radius 1 is 0.425 bits per heavy atom. The van der Waals surface area contributed by atoms with Crippen molar-refractivity contribution in [2.24, 2.45) is 10.8 Å². The fourth-order valence-electron chi connectivity index (χ4n) is 6.65. The van der Waals surface area contributed by atoms with Gasteiger partial charge in [0.05, 0.1) is 0 Å². The molecule has 4 aromatic rings. The molecule has 2 heterocycles. The van der Waals surface area contributed by atoms with Crippen molar-refractivity contribution in [1.29, 1.82) is 0 Å². The highest BCUT2D eigenvalue weighted by Gasteiger charge is 2.58. The smallest absolute Gasteiger partial charge is 0.302 e. The summed E-state index contributed by atoms with van der Waals surface area (Å²) in [6.45, 7) is 14.3. The molecular weight excluding hydrogens is 482 g/mol. The second kappa shape index (κ2) is 10.0. The van der Waals surface area contributed by atoms with E-state index in [9.17, 15) is 0 Å². The van der Waals surface area contributed by atoms with Gasteiger partial charge in [0.15, 0.2) is 0 Å². The van der Waals surface area contributed by atoms with Gasteiger partial charge in [0.1, 0.15) is 0 Å². The minimum atomic E-state index is -0.100. The largest absolute Gasteiger partial charge is 0.302 e. The molecule has 2 aliphatic rings. The summed E-state index contributed by atoms with van der Waals surface area (Å²) in [5.41, 5.74) is 10.6. The molecule has 0 unspecified atom stereocenters. The summed E-state index contributed by atoms with van der Waals surface area (Å²) in [6.07, 6.45) is 0. The average Bonchev–Trinajstić information content (AvgIpc) is 3.47. The quantitative estimate of drug-likeness (QED) is 0.260. The molecule has 0 amide bonds. The van der Waals surface area contributed by atoms with Crippen LogP contribution in [-0.4, -0.2) is 23.5 Å². The van der Waals surface area contributed by atoms with Crippen LogP contribution in [0, 0.1) is 10.8 Å². The molecule has 198 valence electrons. The van der Waals surface area contributed by atoms with Crippen LogP contribution in [0.5, 0.6) is 0 Å². The Bertz CT molecular complexity index is 1430. The number of benzene rings is 4. The van der Waals surface area contributed by atoms with Gasteiger partial charge in [-0.1, -0.05) is 174 Å². The summed E-state index contributed by atoms with van der Waals surface area (Å²) < 4.78 is 0. The summed E-state index contributed by atoms with van der Waals surface area (Å²) in [7, 11) is 0. The molecule has 2 aliphatic heterocycles. The monoisotopic (exact) mass is 520 g/mol. The molecule has 4 aromatic carbocycles. The van der Waals surface area contributed by atoms with E-state index >= 15 is 0 Å². The second-order valence-corrected chi connectivity index (χ2v) is 13.1. The predicted molar refractivity (Wildman–Crippen MR) is 173 cm³/mol. The van der Waals surface area contributed by atoms with Crippen molar-refractivity contribution in [3.05, 3.63) is 144 Å². The fourth-order valence-corrected chi connectivity index (χ4v) is 6.65. The zero-order valence-electron chi connectivity index (χ0n) is 24.6. The molecule has 0 saturated carbocycles. The highest BCUT2D eigenvalue weighted by atomic mass is 15.6. The van der Waals surface area contributed by atoms with E-state index in [0.717, 1.165) is 0 Å². The van der Waals surface area contributed by atoms with E-state index in [1.54, 1.807) is 0 Å². The van der Waals surface area contributed by atoms with Gasteiger partial charge in [0.25, 0.3) is 0 Å². The molecule has 2 nitrogen and oxygen atoms in total. The standard InChI is InChI=1S/C36H38B2N2/c1-35(2,3)33-31(27-19-11-7-12-20-27)37(29-23-15-9-16-24-29)40-38(30-25-17-10-18-26-30)32(28-21-13-8-14-22-28)34(39(33)40)36(4,5)6/h7-26H,1-6H3. The van der Waals surface area contributed by atoms with Crippen LogP contribution < -0.4 is 10.9 Å². The normalized spacial score (nSPS) is 16.3. The Labute approximate surface area is 241 Å². The highest BCUT2D eigenvalue weighted by molar-refractivity contribution is 7.02. The van der Waals surface area contributed by atoms with Gasteiger partial charge < -0.3 is 5.01 Å². The molecular formula is C36H38B2N2. The molecule has 0 aliphatic carbocycles. The van der Waals surface area contributed by atoms with E-state index in [1.807, 2.05) is 0 Å². The van der Waals surface area contributed by atoms with E-state index in [-0.39, 0.29) is 24.5 Å². The van der Waals surface area contributed by atoms with Gasteiger partial charge in [-0.05, 0) is 22.1 Å². The molecule has 0 aromatic heterocycles. The lowest BCUT2D eigenvalue weighted by Crippen LogP contribution is -2.59. The first kappa shape index (κ1) is 26.5. The lowest BCUT2D eigenvalue weighted by Gasteiger charge is -2.41. The van der Waals surface area contributed by atoms with E-state index in [0.29, 0.717) is 0 Å². The molecule has 0 spiro atoms. The Kier molecular flexibility index (Phi) is 6.63. The SMILES string of the molecule is CC(C)(C)C1=C(c2ccccc2)B(c2ccccc2)N2B(c3ccccc3)C(c3ccccc3)=C(C(C)(C)C)N12. The van der Waals surface area contributed by atoms with Crippen molar-refractivity contribution in [2.45, 2.75) is 41.5 Å². The van der Waals surface area contributed by atoms with E-state index in [2.05, 4.69) is 173 Å². The molecule has 0 fully saturated rings. The van der Waals surface area contributed by atoms with Crippen LogP contribution in [0.25, 0.3) is 10.9 Å². The number of rotatable bonds is 4. The predicted octanol–water partition coefficient (Wildman–Crippen LogP) is 7.32. The van der Waals surface area contributed by atoms with Crippen molar-refractivity contribution < 1.29 is 0 Å². The zero-order valence-corrected chi connectivity index (χ0v) is 24.6. The van der Waals surface area contributed by atoms with Gasteiger partial charge in [-0.3, -0.25) is 4.83 Å². The summed E-state index contributed by atoms with van der Waals surface area (Å²) in [5.74, 6) is 0.